The molecule has 0 bridgehead atoms. The van der Waals surface area contributed by atoms with Crippen molar-refractivity contribution in [3.63, 3.8) is 0 Å². The summed E-state index contributed by atoms with van der Waals surface area (Å²) in [7, 11) is 2.13. The quantitative estimate of drug-likeness (QED) is 0.281. The summed E-state index contributed by atoms with van der Waals surface area (Å²) < 4.78 is 30.8. The van der Waals surface area contributed by atoms with E-state index in [0.29, 0.717) is 13.2 Å². The first kappa shape index (κ1) is 26.7. The molecule has 9 heteroatoms. The van der Waals surface area contributed by atoms with Crippen LogP contribution in [0.4, 0.5) is 0 Å². The molecule has 4 fully saturated rings. The Hall–Kier alpha value is -0.360. The van der Waals surface area contributed by atoms with Gasteiger partial charge < -0.3 is 28.6 Å². The predicted octanol–water partition coefficient (Wildman–Crippen LogP) is 0.935. The van der Waals surface area contributed by atoms with Crippen LogP contribution in [0.3, 0.4) is 0 Å². The van der Waals surface area contributed by atoms with Crippen molar-refractivity contribution in [1.82, 2.24) is 19.6 Å². The third-order valence-electron chi connectivity index (χ3n) is 7.68. The molecule has 198 valence electrons. The Kier molecular flexibility index (Phi) is 11.3. The molecule has 4 aliphatic heterocycles. The summed E-state index contributed by atoms with van der Waals surface area (Å²) in [6.07, 6.45) is 5.63. The van der Waals surface area contributed by atoms with Gasteiger partial charge in [0.25, 0.3) is 5.91 Å². The highest BCUT2D eigenvalue weighted by molar-refractivity contribution is 4.86. The highest BCUT2D eigenvalue weighted by Crippen LogP contribution is 2.33. The molecule has 0 aromatic carbocycles. The first-order chi connectivity index (χ1) is 16.8. The molecule has 0 aromatic heterocycles. The number of hydrogen-bond donors (Lipinski definition) is 0. The molecule has 9 nitrogen and oxygen atoms in total. The van der Waals surface area contributed by atoms with Gasteiger partial charge >= 0.3 is 0 Å². The number of likely N-dealkylation sites (tertiary alicyclic amines) is 2. The monoisotopic (exact) mass is 484 g/mol. The van der Waals surface area contributed by atoms with Gasteiger partial charge in [-0.25, -0.2) is 0 Å². The number of rotatable bonds is 13. The molecule has 4 aliphatic rings. The number of morpholine rings is 2. The lowest BCUT2D eigenvalue weighted by atomic mass is 10.0. The minimum absolute atomic E-state index is 0.0677. The zero-order valence-electron chi connectivity index (χ0n) is 21.5. The van der Waals surface area contributed by atoms with E-state index >= 15 is 0 Å². The number of hydrogen-bond acceptors (Lipinski definition) is 9. The summed E-state index contributed by atoms with van der Waals surface area (Å²) in [6.45, 7) is 15.6. The topological polar surface area (TPSA) is 59.1 Å². The van der Waals surface area contributed by atoms with Crippen molar-refractivity contribution in [2.75, 3.05) is 119 Å². The van der Waals surface area contributed by atoms with Gasteiger partial charge in [-0.2, -0.15) is 0 Å². The molecular formula is C25H48N4O5. The lowest BCUT2D eigenvalue weighted by molar-refractivity contribution is -0.368. The van der Waals surface area contributed by atoms with Crippen molar-refractivity contribution >= 4 is 0 Å². The Bertz CT molecular complexity index is 555. The second-order valence-electron chi connectivity index (χ2n) is 10.1. The molecule has 0 N–H and O–H groups in total. The predicted molar refractivity (Wildman–Crippen MR) is 131 cm³/mol. The minimum Gasteiger partial charge on any atom is -0.379 e. The number of piperidine rings is 1. The van der Waals surface area contributed by atoms with E-state index in [9.17, 15) is 0 Å². The fourth-order valence-corrected chi connectivity index (χ4v) is 5.54. The Morgan fingerprint density at radius 1 is 0.676 bits per heavy atom. The Morgan fingerprint density at radius 3 is 1.97 bits per heavy atom. The summed E-state index contributed by atoms with van der Waals surface area (Å²) in [6, 6.07) is 0. The standard InChI is InChI=1S/C25H48N4O5/c1-26-7-4-6-24(32-22-15-27-8-2-3-9-27)25(26,34-23-16-29-13-20-31-21-14-29)33-17-5-10-28-11-18-30-19-12-28/h24H,2-23H2,1H3. The fourth-order valence-electron chi connectivity index (χ4n) is 5.54. The van der Waals surface area contributed by atoms with Crippen LogP contribution in [0.15, 0.2) is 0 Å². The Balaban J connectivity index is 1.32. The molecule has 4 rings (SSSR count). The lowest BCUT2D eigenvalue weighted by Gasteiger charge is -2.49. The molecule has 4 heterocycles. The van der Waals surface area contributed by atoms with Gasteiger partial charge in [-0.3, -0.25) is 14.7 Å². The average molecular weight is 485 g/mol. The van der Waals surface area contributed by atoms with Crippen molar-refractivity contribution in [2.45, 2.75) is 44.1 Å². The molecule has 0 saturated carbocycles. The number of likely N-dealkylation sites (N-methyl/N-ethyl adjacent to an activating group) is 1. The van der Waals surface area contributed by atoms with Crippen LogP contribution in [-0.2, 0) is 23.7 Å². The van der Waals surface area contributed by atoms with Crippen molar-refractivity contribution in [2.24, 2.45) is 0 Å². The molecule has 0 spiro atoms. The maximum atomic E-state index is 6.66. The number of ether oxygens (including phenoxy) is 5. The van der Waals surface area contributed by atoms with Crippen molar-refractivity contribution < 1.29 is 23.7 Å². The second kappa shape index (κ2) is 14.4. The largest absolute Gasteiger partial charge is 0.379 e. The molecular weight excluding hydrogens is 436 g/mol. The van der Waals surface area contributed by atoms with Gasteiger partial charge in [0.2, 0.25) is 0 Å². The van der Waals surface area contributed by atoms with E-state index < -0.39 is 5.91 Å². The highest BCUT2D eigenvalue weighted by atomic mass is 16.7. The van der Waals surface area contributed by atoms with E-state index in [4.69, 9.17) is 23.7 Å². The number of nitrogens with zero attached hydrogens (tertiary/aromatic N) is 4. The maximum absolute atomic E-state index is 6.66. The first-order valence-electron chi connectivity index (χ1n) is 13.7. The van der Waals surface area contributed by atoms with Gasteiger partial charge in [0, 0.05) is 52.4 Å². The molecule has 0 amide bonds. The molecule has 34 heavy (non-hydrogen) atoms. The van der Waals surface area contributed by atoms with Gasteiger partial charge in [0.15, 0.2) is 0 Å². The van der Waals surface area contributed by atoms with E-state index in [1.165, 1.54) is 25.9 Å². The van der Waals surface area contributed by atoms with Gasteiger partial charge in [-0.05, 0) is 52.2 Å². The normalized spacial score (nSPS) is 30.8. The van der Waals surface area contributed by atoms with Crippen LogP contribution in [0.25, 0.3) is 0 Å². The Labute approximate surface area is 206 Å². The SMILES string of the molecule is CN1CCCC(OCCN2CCCC2)C1(OCCCN1CCOCC1)OCCN1CCOCC1. The molecule has 4 saturated heterocycles. The molecule has 2 unspecified atom stereocenters. The molecule has 0 aromatic rings. The fraction of sp³-hybridized carbons (Fsp3) is 1.00. The van der Waals surface area contributed by atoms with E-state index in [2.05, 4.69) is 26.6 Å². The molecule has 0 aliphatic carbocycles. The van der Waals surface area contributed by atoms with Gasteiger partial charge in [-0.15, -0.1) is 0 Å². The van der Waals surface area contributed by atoms with Crippen molar-refractivity contribution in [1.29, 1.82) is 0 Å². The summed E-state index contributed by atoms with van der Waals surface area (Å²) in [4.78, 5) is 9.65. The molecule has 2 atom stereocenters. The van der Waals surface area contributed by atoms with Crippen LogP contribution in [0.2, 0.25) is 0 Å². The Morgan fingerprint density at radius 2 is 1.26 bits per heavy atom. The van der Waals surface area contributed by atoms with Crippen LogP contribution < -0.4 is 0 Å². The molecule has 0 radical (unpaired) electrons. The van der Waals surface area contributed by atoms with Crippen molar-refractivity contribution in [3.05, 3.63) is 0 Å². The first-order valence-corrected chi connectivity index (χ1v) is 13.7. The van der Waals surface area contributed by atoms with Crippen LogP contribution in [0.1, 0.15) is 32.1 Å². The summed E-state index contributed by atoms with van der Waals surface area (Å²) in [5.41, 5.74) is 0. The van der Waals surface area contributed by atoms with E-state index in [1.54, 1.807) is 0 Å². The zero-order valence-corrected chi connectivity index (χ0v) is 21.5. The third kappa shape index (κ3) is 7.82. The van der Waals surface area contributed by atoms with Crippen molar-refractivity contribution in [3.8, 4) is 0 Å². The van der Waals surface area contributed by atoms with Crippen LogP contribution >= 0.6 is 0 Å². The minimum atomic E-state index is -0.805. The summed E-state index contributed by atoms with van der Waals surface area (Å²) in [5, 5.41) is 0. The van der Waals surface area contributed by atoms with Gasteiger partial charge in [-0.1, -0.05) is 0 Å². The zero-order chi connectivity index (χ0) is 23.5. The maximum Gasteiger partial charge on any atom is 0.257 e. The average Bonchev–Trinajstić information content (AvgIpc) is 3.39. The highest BCUT2D eigenvalue weighted by Gasteiger charge is 2.48. The van der Waals surface area contributed by atoms with E-state index in [1.807, 2.05) is 0 Å². The second-order valence-corrected chi connectivity index (χ2v) is 10.1. The summed E-state index contributed by atoms with van der Waals surface area (Å²) >= 11 is 0. The summed E-state index contributed by atoms with van der Waals surface area (Å²) in [5.74, 6) is -0.805. The van der Waals surface area contributed by atoms with Crippen LogP contribution in [0, 0.1) is 0 Å². The van der Waals surface area contributed by atoms with E-state index in [-0.39, 0.29) is 6.10 Å². The van der Waals surface area contributed by atoms with Crippen LogP contribution in [-0.4, -0.2) is 150 Å². The van der Waals surface area contributed by atoms with E-state index in [0.717, 1.165) is 105 Å². The smallest absolute Gasteiger partial charge is 0.257 e. The van der Waals surface area contributed by atoms with Gasteiger partial charge in [0.05, 0.1) is 46.2 Å². The lowest BCUT2D eigenvalue weighted by Crippen LogP contribution is -2.63. The van der Waals surface area contributed by atoms with Gasteiger partial charge in [0.1, 0.15) is 6.10 Å². The van der Waals surface area contributed by atoms with Crippen LogP contribution in [0.5, 0.6) is 0 Å². The third-order valence-corrected chi connectivity index (χ3v) is 7.68.